The molecule has 0 aromatic heterocycles. The van der Waals surface area contributed by atoms with Gasteiger partial charge in [0.05, 0.1) is 0 Å². The summed E-state index contributed by atoms with van der Waals surface area (Å²) in [6.07, 6.45) is -0.0136. The minimum absolute atomic E-state index is 0.0136. The fraction of sp³-hybridized carbons (Fsp3) is 0.200. The van der Waals surface area contributed by atoms with E-state index >= 15 is 0 Å². The molecule has 0 saturated carbocycles. The van der Waals surface area contributed by atoms with Gasteiger partial charge in [-0.05, 0) is 42.7 Å². The van der Waals surface area contributed by atoms with Crippen LogP contribution in [0, 0.1) is 24.4 Å². The molecule has 1 unspecified atom stereocenters. The van der Waals surface area contributed by atoms with Crippen LogP contribution in [0.5, 0.6) is 0 Å². The van der Waals surface area contributed by atoms with Gasteiger partial charge in [-0.3, -0.25) is 0 Å². The maximum absolute atomic E-state index is 13.9. The van der Waals surface area contributed by atoms with Crippen LogP contribution in [0.2, 0.25) is 5.02 Å². The molecule has 20 heavy (non-hydrogen) atoms. The molecular formula is C15H13ClF3N. The average Bonchev–Trinajstić information content (AvgIpc) is 2.38. The Balaban J connectivity index is 2.33. The van der Waals surface area contributed by atoms with Gasteiger partial charge in [0.1, 0.15) is 17.5 Å². The normalized spacial score (nSPS) is 12.5. The molecule has 2 N–H and O–H groups in total. The second-order valence-corrected chi connectivity index (χ2v) is 5.07. The van der Waals surface area contributed by atoms with Gasteiger partial charge in [-0.2, -0.15) is 0 Å². The van der Waals surface area contributed by atoms with Crippen LogP contribution in [-0.4, -0.2) is 0 Å². The van der Waals surface area contributed by atoms with Gasteiger partial charge < -0.3 is 5.73 Å². The minimum atomic E-state index is -0.967. The lowest BCUT2D eigenvalue weighted by atomic mass is 9.97. The lowest BCUT2D eigenvalue weighted by Crippen LogP contribution is -2.18. The molecule has 0 aliphatic heterocycles. The Morgan fingerprint density at radius 1 is 1.10 bits per heavy atom. The van der Waals surface area contributed by atoms with Crippen molar-refractivity contribution in [3.8, 4) is 0 Å². The molecule has 0 saturated heterocycles. The summed E-state index contributed by atoms with van der Waals surface area (Å²) in [5, 5.41) is 0.257. The summed E-state index contributed by atoms with van der Waals surface area (Å²) in [6.45, 7) is 1.52. The minimum Gasteiger partial charge on any atom is -0.323 e. The Hall–Kier alpha value is -1.52. The highest BCUT2D eigenvalue weighted by molar-refractivity contribution is 6.30. The third-order valence-electron chi connectivity index (χ3n) is 3.15. The second kappa shape index (κ2) is 5.85. The van der Waals surface area contributed by atoms with Crippen molar-refractivity contribution in [2.24, 2.45) is 5.73 Å². The molecule has 0 bridgehead atoms. The molecule has 5 heteroatoms. The highest BCUT2D eigenvalue weighted by Gasteiger charge is 2.20. The first-order valence-corrected chi connectivity index (χ1v) is 6.42. The van der Waals surface area contributed by atoms with Crippen molar-refractivity contribution in [2.45, 2.75) is 19.4 Å². The molecule has 0 aliphatic rings. The van der Waals surface area contributed by atoms with Gasteiger partial charge in [-0.15, -0.1) is 0 Å². The molecule has 1 atom stereocenters. The van der Waals surface area contributed by atoms with Crippen LogP contribution in [0.15, 0.2) is 30.3 Å². The maximum Gasteiger partial charge on any atom is 0.133 e. The number of aryl methyl sites for hydroxylation is 1. The summed E-state index contributed by atoms with van der Waals surface area (Å²) in [5.74, 6) is -1.96. The smallest absolute Gasteiger partial charge is 0.133 e. The van der Waals surface area contributed by atoms with Crippen LogP contribution >= 0.6 is 11.6 Å². The summed E-state index contributed by atoms with van der Waals surface area (Å²) in [4.78, 5) is 0. The lowest BCUT2D eigenvalue weighted by Gasteiger charge is -2.15. The number of hydrogen-bond acceptors (Lipinski definition) is 1. The predicted octanol–water partition coefficient (Wildman–Crippen LogP) is 4.31. The topological polar surface area (TPSA) is 26.0 Å². The average molecular weight is 300 g/mol. The molecule has 0 amide bonds. The quantitative estimate of drug-likeness (QED) is 0.898. The fourth-order valence-electron chi connectivity index (χ4n) is 2.04. The molecule has 1 nitrogen and oxygen atoms in total. The Morgan fingerprint density at radius 3 is 2.45 bits per heavy atom. The Morgan fingerprint density at radius 2 is 1.80 bits per heavy atom. The van der Waals surface area contributed by atoms with Crippen LogP contribution in [0.3, 0.4) is 0 Å². The molecule has 2 aromatic rings. The monoisotopic (exact) mass is 299 g/mol. The van der Waals surface area contributed by atoms with Crippen LogP contribution in [0.4, 0.5) is 13.2 Å². The van der Waals surface area contributed by atoms with E-state index in [1.165, 1.54) is 25.1 Å². The molecule has 0 aliphatic carbocycles. The largest absolute Gasteiger partial charge is 0.323 e. The summed E-state index contributed by atoms with van der Waals surface area (Å²) in [5.41, 5.74) is 6.17. The first-order chi connectivity index (χ1) is 9.40. The molecule has 0 heterocycles. The van der Waals surface area contributed by atoms with Crippen molar-refractivity contribution in [3.05, 3.63) is 69.5 Å². The van der Waals surface area contributed by atoms with Gasteiger partial charge in [-0.25, -0.2) is 13.2 Å². The fourth-order valence-corrected chi connectivity index (χ4v) is 2.20. The SMILES string of the molecule is Cc1ccc(F)c(C(N)Cc2ccc(Cl)cc2F)c1F. The lowest BCUT2D eigenvalue weighted by molar-refractivity contribution is 0.514. The predicted molar refractivity (Wildman–Crippen MR) is 73.1 cm³/mol. The van der Waals surface area contributed by atoms with Crippen LogP contribution in [0.25, 0.3) is 0 Å². The summed E-state index contributed by atoms with van der Waals surface area (Å²) in [6, 6.07) is 5.64. The first kappa shape index (κ1) is 14.9. The zero-order chi connectivity index (χ0) is 14.9. The van der Waals surface area contributed by atoms with Crippen LogP contribution in [-0.2, 0) is 6.42 Å². The number of halogens is 4. The maximum atomic E-state index is 13.9. The van der Waals surface area contributed by atoms with Crippen molar-refractivity contribution in [1.82, 2.24) is 0 Å². The summed E-state index contributed by atoms with van der Waals surface area (Å²) >= 11 is 5.65. The van der Waals surface area contributed by atoms with E-state index in [9.17, 15) is 13.2 Å². The summed E-state index contributed by atoms with van der Waals surface area (Å²) < 4.78 is 41.3. The Bertz CT molecular complexity index is 643. The van der Waals surface area contributed by atoms with Crippen LogP contribution < -0.4 is 5.73 Å². The van der Waals surface area contributed by atoms with Gasteiger partial charge in [0.15, 0.2) is 0 Å². The molecule has 2 aromatic carbocycles. The molecule has 106 valence electrons. The van der Waals surface area contributed by atoms with Crippen molar-refractivity contribution < 1.29 is 13.2 Å². The van der Waals surface area contributed by atoms with E-state index in [1.807, 2.05) is 0 Å². The number of nitrogens with two attached hydrogens (primary N) is 1. The van der Waals surface area contributed by atoms with E-state index in [2.05, 4.69) is 0 Å². The van der Waals surface area contributed by atoms with E-state index in [4.69, 9.17) is 17.3 Å². The van der Waals surface area contributed by atoms with Crippen molar-refractivity contribution >= 4 is 11.6 Å². The zero-order valence-electron chi connectivity index (χ0n) is 10.8. The van der Waals surface area contributed by atoms with E-state index in [0.29, 0.717) is 5.56 Å². The van der Waals surface area contributed by atoms with Gasteiger partial charge in [-0.1, -0.05) is 23.7 Å². The first-order valence-electron chi connectivity index (χ1n) is 6.04. The molecule has 0 spiro atoms. The van der Waals surface area contributed by atoms with E-state index in [-0.39, 0.29) is 22.6 Å². The van der Waals surface area contributed by atoms with E-state index in [0.717, 1.165) is 12.1 Å². The molecular weight excluding hydrogens is 287 g/mol. The van der Waals surface area contributed by atoms with Gasteiger partial charge in [0, 0.05) is 16.6 Å². The zero-order valence-corrected chi connectivity index (χ0v) is 11.5. The van der Waals surface area contributed by atoms with E-state index < -0.39 is 23.5 Å². The molecule has 0 fully saturated rings. The van der Waals surface area contributed by atoms with Gasteiger partial charge in [0.2, 0.25) is 0 Å². The third kappa shape index (κ3) is 2.97. The number of benzene rings is 2. The van der Waals surface area contributed by atoms with Crippen LogP contribution in [0.1, 0.15) is 22.7 Å². The molecule has 0 radical (unpaired) electrons. The van der Waals surface area contributed by atoms with Gasteiger partial charge >= 0.3 is 0 Å². The highest BCUT2D eigenvalue weighted by Crippen LogP contribution is 2.26. The van der Waals surface area contributed by atoms with E-state index in [1.54, 1.807) is 0 Å². The Labute approximate surface area is 120 Å². The summed E-state index contributed by atoms with van der Waals surface area (Å²) in [7, 11) is 0. The number of rotatable bonds is 3. The van der Waals surface area contributed by atoms with Gasteiger partial charge in [0.25, 0.3) is 0 Å². The van der Waals surface area contributed by atoms with Crippen molar-refractivity contribution in [1.29, 1.82) is 0 Å². The number of hydrogen-bond donors (Lipinski definition) is 1. The van der Waals surface area contributed by atoms with Crippen molar-refractivity contribution in [3.63, 3.8) is 0 Å². The second-order valence-electron chi connectivity index (χ2n) is 4.64. The standard InChI is InChI=1S/C15H13ClF3N/c1-8-2-5-11(17)14(15(8)19)13(20)6-9-3-4-10(16)7-12(9)18/h2-5,7,13H,6,20H2,1H3. The van der Waals surface area contributed by atoms with Crippen molar-refractivity contribution in [2.75, 3.05) is 0 Å². The highest BCUT2D eigenvalue weighted by atomic mass is 35.5. The third-order valence-corrected chi connectivity index (χ3v) is 3.38. The molecule has 2 rings (SSSR count). The Kier molecular flexibility index (Phi) is 4.35.